The van der Waals surface area contributed by atoms with Gasteiger partial charge in [-0.2, -0.15) is 0 Å². The third-order valence-electron chi connectivity index (χ3n) is 1.98. The molecule has 72 valence electrons. The molecule has 2 atom stereocenters. The van der Waals surface area contributed by atoms with Crippen LogP contribution < -0.4 is 10.6 Å². The molecule has 0 saturated carbocycles. The molecule has 0 aromatic heterocycles. The van der Waals surface area contributed by atoms with Gasteiger partial charge in [-0.3, -0.25) is 0 Å². The van der Waals surface area contributed by atoms with Crippen molar-refractivity contribution in [2.24, 2.45) is 0 Å². The minimum Gasteiger partial charge on any atom is -0.360 e. The first kappa shape index (κ1) is 11.7. The summed E-state index contributed by atoms with van der Waals surface area (Å²) >= 11 is 5.12. The molecule has 0 saturated heterocycles. The molecule has 0 aliphatic rings. The molecule has 0 aromatic rings. The molecule has 0 rings (SSSR count). The minimum absolute atomic E-state index is 0.467. The second kappa shape index (κ2) is 6.23. The van der Waals surface area contributed by atoms with E-state index in [0.717, 1.165) is 18.0 Å². The van der Waals surface area contributed by atoms with E-state index in [0.29, 0.717) is 12.1 Å². The fraction of sp³-hybridized carbons (Fsp3) is 0.889. The van der Waals surface area contributed by atoms with Crippen molar-refractivity contribution in [3.8, 4) is 0 Å². The molecule has 0 bridgehead atoms. The summed E-state index contributed by atoms with van der Waals surface area (Å²) in [5.74, 6) is 0. The van der Waals surface area contributed by atoms with E-state index in [1.54, 1.807) is 0 Å². The Morgan fingerprint density at radius 1 is 1.08 bits per heavy atom. The first-order valence-corrected chi connectivity index (χ1v) is 5.08. The van der Waals surface area contributed by atoms with Crippen LogP contribution in [0, 0.1) is 0 Å². The largest absolute Gasteiger partial charge is 0.360 e. The van der Waals surface area contributed by atoms with Gasteiger partial charge in [0.25, 0.3) is 0 Å². The first-order chi connectivity index (χ1) is 5.60. The van der Waals surface area contributed by atoms with Crippen LogP contribution in [-0.4, -0.2) is 17.2 Å². The molecule has 3 heteroatoms. The number of nitrogens with one attached hydrogen (secondary N) is 2. The molecule has 2 nitrogen and oxygen atoms in total. The number of rotatable bonds is 4. The number of hydrogen-bond donors (Lipinski definition) is 2. The minimum atomic E-state index is 0.467. The van der Waals surface area contributed by atoms with Crippen LogP contribution in [0.1, 0.15) is 40.5 Å². The Hall–Kier alpha value is -0.310. The summed E-state index contributed by atoms with van der Waals surface area (Å²) in [6.07, 6.45) is 2.20. The van der Waals surface area contributed by atoms with Crippen LogP contribution in [0.15, 0.2) is 0 Å². The summed E-state index contributed by atoms with van der Waals surface area (Å²) in [6.45, 7) is 8.54. The number of thiocarbonyl (C=S) groups is 1. The van der Waals surface area contributed by atoms with Crippen molar-refractivity contribution in [3.63, 3.8) is 0 Å². The van der Waals surface area contributed by atoms with Gasteiger partial charge in [0.05, 0.1) is 0 Å². The second-order valence-corrected chi connectivity index (χ2v) is 3.64. The Kier molecular flexibility index (Phi) is 6.07. The summed E-state index contributed by atoms with van der Waals surface area (Å²) < 4.78 is 0. The Morgan fingerprint density at radius 2 is 1.42 bits per heavy atom. The molecule has 0 radical (unpaired) electrons. The monoisotopic (exact) mass is 188 g/mol. The zero-order chi connectivity index (χ0) is 9.56. The SMILES string of the molecule is CC[C@@H](C)NC(=S)N[C@@H](C)CC. The van der Waals surface area contributed by atoms with Crippen LogP contribution in [0.3, 0.4) is 0 Å². The lowest BCUT2D eigenvalue weighted by molar-refractivity contribution is 0.594. The zero-order valence-electron chi connectivity index (χ0n) is 8.48. The van der Waals surface area contributed by atoms with E-state index in [4.69, 9.17) is 12.2 Å². The van der Waals surface area contributed by atoms with Crippen LogP contribution >= 0.6 is 12.2 Å². The van der Waals surface area contributed by atoms with Crippen LogP contribution in [0.4, 0.5) is 0 Å². The van der Waals surface area contributed by atoms with Crippen molar-refractivity contribution in [2.45, 2.75) is 52.6 Å². The van der Waals surface area contributed by atoms with Crippen LogP contribution in [-0.2, 0) is 0 Å². The lowest BCUT2D eigenvalue weighted by Gasteiger charge is -2.18. The van der Waals surface area contributed by atoms with Gasteiger partial charge in [0.1, 0.15) is 0 Å². The molecular weight excluding hydrogens is 168 g/mol. The lowest BCUT2D eigenvalue weighted by Crippen LogP contribution is -2.43. The van der Waals surface area contributed by atoms with Crippen molar-refractivity contribution in [3.05, 3.63) is 0 Å². The molecule has 0 aromatic carbocycles. The first-order valence-electron chi connectivity index (χ1n) is 4.67. The molecular formula is C9H20N2S. The van der Waals surface area contributed by atoms with E-state index < -0.39 is 0 Å². The van der Waals surface area contributed by atoms with Crippen molar-refractivity contribution >= 4 is 17.3 Å². The Bertz CT molecular complexity index is 122. The van der Waals surface area contributed by atoms with Gasteiger partial charge in [-0.15, -0.1) is 0 Å². The average molecular weight is 188 g/mol. The van der Waals surface area contributed by atoms with E-state index in [1.165, 1.54) is 0 Å². The van der Waals surface area contributed by atoms with E-state index in [2.05, 4.69) is 38.3 Å². The molecule has 0 amide bonds. The molecule has 0 aliphatic carbocycles. The van der Waals surface area contributed by atoms with Crippen molar-refractivity contribution in [2.75, 3.05) is 0 Å². The van der Waals surface area contributed by atoms with Gasteiger partial charge in [0.2, 0.25) is 0 Å². The maximum Gasteiger partial charge on any atom is 0.166 e. The average Bonchev–Trinajstić information content (AvgIpc) is 2.03. The molecule has 12 heavy (non-hydrogen) atoms. The standard InChI is InChI=1S/C9H20N2S/c1-5-7(3)10-9(12)11-8(4)6-2/h7-8H,5-6H2,1-4H3,(H2,10,11,12)/t7-,8+. The van der Waals surface area contributed by atoms with Crippen molar-refractivity contribution < 1.29 is 0 Å². The third-order valence-corrected chi connectivity index (χ3v) is 2.22. The molecule has 0 unspecified atom stereocenters. The van der Waals surface area contributed by atoms with Crippen LogP contribution in [0.25, 0.3) is 0 Å². The van der Waals surface area contributed by atoms with E-state index in [-0.39, 0.29) is 0 Å². The van der Waals surface area contributed by atoms with Crippen LogP contribution in [0.2, 0.25) is 0 Å². The molecule has 0 fully saturated rings. The van der Waals surface area contributed by atoms with E-state index in [1.807, 2.05) is 0 Å². The maximum atomic E-state index is 5.12. The summed E-state index contributed by atoms with van der Waals surface area (Å²) in [4.78, 5) is 0. The fourth-order valence-electron chi connectivity index (χ4n) is 0.693. The van der Waals surface area contributed by atoms with Crippen molar-refractivity contribution in [1.82, 2.24) is 10.6 Å². The summed E-state index contributed by atoms with van der Waals surface area (Å²) in [7, 11) is 0. The van der Waals surface area contributed by atoms with Crippen LogP contribution in [0.5, 0.6) is 0 Å². The maximum absolute atomic E-state index is 5.12. The van der Waals surface area contributed by atoms with E-state index in [9.17, 15) is 0 Å². The fourth-order valence-corrected chi connectivity index (χ4v) is 1.10. The predicted molar refractivity (Wildman–Crippen MR) is 58.4 cm³/mol. The molecule has 0 aliphatic heterocycles. The Balaban J connectivity index is 3.59. The van der Waals surface area contributed by atoms with Crippen molar-refractivity contribution in [1.29, 1.82) is 0 Å². The molecule has 2 N–H and O–H groups in total. The summed E-state index contributed by atoms with van der Waals surface area (Å²) in [5.41, 5.74) is 0. The summed E-state index contributed by atoms with van der Waals surface area (Å²) in [6, 6.07) is 0.933. The highest BCUT2D eigenvalue weighted by Gasteiger charge is 2.03. The van der Waals surface area contributed by atoms with E-state index >= 15 is 0 Å². The van der Waals surface area contributed by atoms with Gasteiger partial charge in [-0.25, -0.2) is 0 Å². The Labute approximate surface area is 81.1 Å². The molecule has 0 heterocycles. The summed E-state index contributed by atoms with van der Waals surface area (Å²) in [5, 5.41) is 7.21. The molecule has 0 spiro atoms. The third kappa shape index (κ3) is 5.35. The van der Waals surface area contributed by atoms with Gasteiger partial charge >= 0.3 is 0 Å². The number of hydrogen-bond acceptors (Lipinski definition) is 1. The Morgan fingerprint density at radius 3 is 1.67 bits per heavy atom. The highest BCUT2D eigenvalue weighted by Crippen LogP contribution is 1.90. The van der Waals surface area contributed by atoms with Gasteiger partial charge in [-0.05, 0) is 38.9 Å². The topological polar surface area (TPSA) is 24.1 Å². The highest BCUT2D eigenvalue weighted by molar-refractivity contribution is 7.80. The van der Waals surface area contributed by atoms with Gasteiger partial charge in [0.15, 0.2) is 5.11 Å². The highest BCUT2D eigenvalue weighted by atomic mass is 32.1. The van der Waals surface area contributed by atoms with Gasteiger partial charge in [0, 0.05) is 12.1 Å². The van der Waals surface area contributed by atoms with Gasteiger partial charge in [-0.1, -0.05) is 13.8 Å². The second-order valence-electron chi connectivity index (χ2n) is 3.24. The quantitative estimate of drug-likeness (QED) is 0.660. The predicted octanol–water partition coefficient (Wildman–Crippen LogP) is 2.05. The van der Waals surface area contributed by atoms with Gasteiger partial charge < -0.3 is 10.6 Å². The normalized spacial score (nSPS) is 15.0. The smallest absolute Gasteiger partial charge is 0.166 e. The lowest BCUT2D eigenvalue weighted by atomic mass is 10.2. The zero-order valence-corrected chi connectivity index (χ0v) is 9.29.